The molecule has 5 heteroatoms. The topological polar surface area (TPSA) is 44.6 Å². The predicted molar refractivity (Wildman–Crippen MR) is 171 cm³/mol. The zero-order valence-corrected chi connectivity index (χ0v) is 23.6. The number of fused-ring (bicyclic) bond motifs is 2. The highest BCUT2D eigenvalue weighted by molar-refractivity contribution is 6.36. The van der Waals surface area contributed by atoms with Crippen LogP contribution in [-0.2, 0) is 0 Å². The first-order valence-corrected chi connectivity index (χ1v) is 13.8. The van der Waals surface area contributed by atoms with Crippen molar-refractivity contribution in [2.24, 2.45) is 4.99 Å². The Bertz CT molecular complexity index is 1920. The first-order valence-electron chi connectivity index (χ1n) is 13.0. The summed E-state index contributed by atoms with van der Waals surface area (Å²) in [4.78, 5) is 4.91. The maximum absolute atomic E-state index is 10.6. The highest BCUT2D eigenvalue weighted by atomic mass is 35.5. The lowest BCUT2D eigenvalue weighted by Gasteiger charge is -2.20. The lowest BCUT2D eigenvalue weighted by molar-refractivity contribution is 0.475. The molecule has 6 rings (SSSR count). The van der Waals surface area contributed by atoms with E-state index in [1.54, 1.807) is 12.3 Å². The molecule has 0 aliphatic rings. The molecule has 196 valence electrons. The number of aliphatic imine (C=N–C) groups is 1. The number of nitrogens with zero attached hydrogens (tertiary/aromatic N) is 1. The molecule has 0 radical (unpaired) electrons. The normalized spacial score (nSPS) is 11.5. The number of hydrogen-bond acceptors (Lipinski definition) is 3. The maximum Gasteiger partial charge on any atom is 0.143 e. The monoisotopic (exact) mass is 560 g/mol. The molecule has 0 aliphatic carbocycles. The van der Waals surface area contributed by atoms with E-state index in [9.17, 15) is 5.11 Å². The fourth-order valence-electron chi connectivity index (χ4n) is 5.25. The van der Waals surface area contributed by atoms with E-state index in [4.69, 9.17) is 28.2 Å². The van der Waals surface area contributed by atoms with Crippen LogP contribution in [0.15, 0.2) is 108 Å². The summed E-state index contributed by atoms with van der Waals surface area (Å²) >= 11 is 12.4. The van der Waals surface area contributed by atoms with Gasteiger partial charge in [-0.1, -0.05) is 102 Å². The lowest BCUT2D eigenvalue weighted by atomic mass is 9.90. The highest BCUT2D eigenvalue weighted by Crippen LogP contribution is 2.46. The third-order valence-electron chi connectivity index (χ3n) is 7.23. The molecular weight excluding hydrogens is 535 g/mol. The third-order valence-corrected chi connectivity index (χ3v) is 7.73. The van der Waals surface area contributed by atoms with Gasteiger partial charge in [-0.05, 0) is 70.8 Å². The fourth-order valence-corrected chi connectivity index (χ4v) is 5.75. The number of anilines is 2. The van der Waals surface area contributed by atoms with Crippen LogP contribution in [0, 0.1) is 13.8 Å². The molecule has 6 aromatic rings. The lowest BCUT2D eigenvalue weighted by Crippen LogP contribution is -1.99. The second kappa shape index (κ2) is 10.7. The van der Waals surface area contributed by atoms with Gasteiger partial charge in [-0.15, -0.1) is 0 Å². The molecule has 0 saturated carbocycles. The van der Waals surface area contributed by atoms with Crippen molar-refractivity contribution in [3.8, 4) is 16.9 Å². The van der Waals surface area contributed by atoms with E-state index in [2.05, 4.69) is 92.0 Å². The van der Waals surface area contributed by atoms with Gasteiger partial charge in [0, 0.05) is 39.3 Å². The summed E-state index contributed by atoms with van der Waals surface area (Å²) in [5, 5.41) is 19.4. The summed E-state index contributed by atoms with van der Waals surface area (Å²) in [7, 11) is 0. The van der Waals surface area contributed by atoms with Crippen molar-refractivity contribution >= 4 is 68.0 Å². The number of benzene rings is 6. The first kappa shape index (κ1) is 25.9. The Labute approximate surface area is 243 Å². The molecule has 0 aliphatic heterocycles. The van der Waals surface area contributed by atoms with Gasteiger partial charge in [0.15, 0.2) is 0 Å². The Kier molecular flexibility index (Phi) is 6.93. The number of para-hydroxylation sites is 1. The Morgan fingerprint density at radius 1 is 0.700 bits per heavy atom. The number of hydrogen-bond donors (Lipinski definition) is 2. The molecule has 0 heterocycles. The van der Waals surface area contributed by atoms with Gasteiger partial charge in [-0.2, -0.15) is 0 Å². The summed E-state index contributed by atoms with van der Waals surface area (Å²) in [6.07, 6.45) is 1.62. The van der Waals surface area contributed by atoms with Crippen LogP contribution >= 0.6 is 23.2 Å². The molecule has 0 saturated heterocycles. The molecule has 0 spiro atoms. The van der Waals surface area contributed by atoms with Crippen LogP contribution in [0.4, 0.5) is 17.1 Å². The Balaban J connectivity index is 1.65. The largest absolute Gasteiger partial charge is 0.506 e. The summed E-state index contributed by atoms with van der Waals surface area (Å²) in [6.45, 7) is 4.23. The number of phenolic OH excluding ortho intramolecular Hbond substituents is 1. The van der Waals surface area contributed by atoms with Crippen LogP contribution in [0.2, 0.25) is 10.0 Å². The second-order valence-electron chi connectivity index (χ2n) is 9.87. The summed E-state index contributed by atoms with van der Waals surface area (Å²) in [5.41, 5.74) is 7.66. The molecule has 6 aromatic carbocycles. The van der Waals surface area contributed by atoms with Crippen molar-refractivity contribution in [1.82, 2.24) is 0 Å². The average molecular weight is 562 g/mol. The maximum atomic E-state index is 10.6. The molecule has 3 nitrogen and oxygen atoms in total. The third kappa shape index (κ3) is 4.79. The predicted octanol–water partition coefficient (Wildman–Crippen LogP) is 10.8. The van der Waals surface area contributed by atoms with Gasteiger partial charge >= 0.3 is 0 Å². The van der Waals surface area contributed by atoms with Gasteiger partial charge in [-0.3, -0.25) is 4.99 Å². The molecule has 0 bridgehead atoms. The molecule has 0 fully saturated rings. The van der Waals surface area contributed by atoms with E-state index < -0.39 is 0 Å². The number of aryl methyl sites for hydroxylation is 2. The molecule has 0 unspecified atom stereocenters. The van der Waals surface area contributed by atoms with Gasteiger partial charge in [0.2, 0.25) is 0 Å². The van der Waals surface area contributed by atoms with Gasteiger partial charge in [0.25, 0.3) is 0 Å². The number of nitrogens with one attached hydrogen (secondary N) is 1. The second-order valence-corrected chi connectivity index (χ2v) is 10.7. The Morgan fingerprint density at radius 3 is 2.02 bits per heavy atom. The summed E-state index contributed by atoms with van der Waals surface area (Å²) in [6, 6.07) is 34.6. The average Bonchev–Trinajstić information content (AvgIpc) is 2.96. The van der Waals surface area contributed by atoms with Crippen LogP contribution in [0.1, 0.15) is 16.7 Å². The van der Waals surface area contributed by atoms with Crippen LogP contribution in [0.3, 0.4) is 0 Å². The number of halogens is 2. The molecule has 0 atom stereocenters. The van der Waals surface area contributed by atoms with E-state index in [1.165, 1.54) is 17.2 Å². The fraction of sp³-hybridized carbons (Fsp3) is 0.0571. The van der Waals surface area contributed by atoms with Crippen LogP contribution < -0.4 is 5.32 Å². The van der Waals surface area contributed by atoms with Crippen molar-refractivity contribution in [3.63, 3.8) is 0 Å². The standard InChI is InChI=1S/C35H26Cl2N2O/c1-21-8-7-9-22(2)34(21)39-31-17-15-24-11-4-6-13-28(24)33(31)32-27-12-5-3-10-23(27)14-16-30(32)38-20-25-18-26(36)19-29(37)35(25)40/h3-20,39-40H,1-2H3. The zero-order valence-electron chi connectivity index (χ0n) is 22.0. The quantitative estimate of drug-likeness (QED) is 0.206. The zero-order chi connectivity index (χ0) is 27.8. The van der Waals surface area contributed by atoms with Crippen LogP contribution in [0.5, 0.6) is 5.75 Å². The van der Waals surface area contributed by atoms with Crippen molar-refractivity contribution in [2.75, 3.05) is 5.32 Å². The van der Waals surface area contributed by atoms with Crippen molar-refractivity contribution in [3.05, 3.63) is 130 Å². The van der Waals surface area contributed by atoms with Crippen molar-refractivity contribution < 1.29 is 5.11 Å². The molecule has 40 heavy (non-hydrogen) atoms. The minimum Gasteiger partial charge on any atom is -0.506 e. The first-order chi connectivity index (χ1) is 19.4. The number of phenols is 1. The molecule has 0 amide bonds. The van der Waals surface area contributed by atoms with Gasteiger partial charge in [0.05, 0.1) is 10.7 Å². The van der Waals surface area contributed by atoms with E-state index in [0.29, 0.717) is 10.6 Å². The van der Waals surface area contributed by atoms with Crippen LogP contribution in [0.25, 0.3) is 32.7 Å². The van der Waals surface area contributed by atoms with Gasteiger partial charge < -0.3 is 10.4 Å². The summed E-state index contributed by atoms with van der Waals surface area (Å²) < 4.78 is 0. The highest BCUT2D eigenvalue weighted by Gasteiger charge is 2.18. The van der Waals surface area contributed by atoms with Crippen molar-refractivity contribution in [2.45, 2.75) is 13.8 Å². The van der Waals surface area contributed by atoms with E-state index in [0.717, 1.165) is 49.7 Å². The molecule has 2 N–H and O–H groups in total. The van der Waals surface area contributed by atoms with Crippen LogP contribution in [-0.4, -0.2) is 11.3 Å². The number of rotatable bonds is 5. The Morgan fingerprint density at radius 2 is 1.32 bits per heavy atom. The number of aromatic hydroxyl groups is 1. The van der Waals surface area contributed by atoms with Crippen molar-refractivity contribution in [1.29, 1.82) is 0 Å². The van der Waals surface area contributed by atoms with E-state index in [-0.39, 0.29) is 10.8 Å². The SMILES string of the molecule is Cc1cccc(C)c1Nc1ccc2ccccc2c1-c1c(N=Cc2cc(Cl)cc(Cl)c2O)ccc2ccccc12. The molecular formula is C35H26Cl2N2O. The Hall–Kier alpha value is -4.31. The summed E-state index contributed by atoms with van der Waals surface area (Å²) in [5.74, 6) is -0.0558. The van der Waals surface area contributed by atoms with Gasteiger partial charge in [0.1, 0.15) is 5.75 Å². The molecule has 0 aromatic heterocycles. The van der Waals surface area contributed by atoms with Gasteiger partial charge in [-0.25, -0.2) is 0 Å². The van der Waals surface area contributed by atoms with E-state index >= 15 is 0 Å². The minimum absolute atomic E-state index is 0.0558. The smallest absolute Gasteiger partial charge is 0.143 e. The van der Waals surface area contributed by atoms with E-state index in [1.807, 2.05) is 18.2 Å². The minimum atomic E-state index is -0.0558.